The van der Waals surface area contributed by atoms with Gasteiger partial charge in [-0.15, -0.1) is 0 Å². The second kappa shape index (κ2) is 8.21. The maximum Gasteiger partial charge on any atom is 0.251 e. The van der Waals surface area contributed by atoms with E-state index in [0.29, 0.717) is 5.56 Å². The van der Waals surface area contributed by atoms with Gasteiger partial charge in [0.2, 0.25) is 0 Å². The fraction of sp³-hybridized carbons (Fsp3) is 0.429. The first-order valence-electron chi connectivity index (χ1n) is 9.26. The molecule has 1 fully saturated rings. The Balaban J connectivity index is 1.58. The van der Waals surface area contributed by atoms with Gasteiger partial charge in [0.1, 0.15) is 17.7 Å². The van der Waals surface area contributed by atoms with Gasteiger partial charge in [0.15, 0.2) is 0 Å². The Labute approximate surface area is 155 Å². The number of pyridine rings is 1. The number of hydrogen-bond donors (Lipinski definition) is 1. The number of nitrogens with one attached hydrogen (secondary N) is 1. The molecule has 138 valence electrons. The standard InChI is InChI=1S/C21H27N3O2/c1-15(2)23-21(25)17-7-10-22-20(14-17)24-11-8-18(9-12-24)26-19-6-4-5-16(3)13-19/h4-7,10,13-15,18H,8-9,11-12H2,1-3H3,(H,23,25). The highest BCUT2D eigenvalue weighted by Gasteiger charge is 2.22. The summed E-state index contributed by atoms with van der Waals surface area (Å²) in [4.78, 5) is 18.9. The van der Waals surface area contributed by atoms with Crippen molar-refractivity contribution in [1.82, 2.24) is 10.3 Å². The fourth-order valence-corrected chi connectivity index (χ4v) is 3.16. The van der Waals surface area contributed by atoms with Gasteiger partial charge >= 0.3 is 0 Å². The summed E-state index contributed by atoms with van der Waals surface area (Å²) < 4.78 is 6.11. The number of benzene rings is 1. The van der Waals surface area contributed by atoms with Crippen molar-refractivity contribution < 1.29 is 9.53 Å². The largest absolute Gasteiger partial charge is 0.490 e. The summed E-state index contributed by atoms with van der Waals surface area (Å²) >= 11 is 0. The summed E-state index contributed by atoms with van der Waals surface area (Å²) in [6.45, 7) is 7.74. The molecule has 1 aromatic carbocycles. The van der Waals surface area contributed by atoms with Gasteiger partial charge < -0.3 is 15.0 Å². The number of rotatable bonds is 5. The molecule has 0 unspecified atom stereocenters. The van der Waals surface area contributed by atoms with E-state index in [1.807, 2.05) is 32.0 Å². The Morgan fingerprint density at radius 2 is 2.00 bits per heavy atom. The Morgan fingerprint density at radius 1 is 1.23 bits per heavy atom. The van der Waals surface area contributed by atoms with Crippen molar-refractivity contribution in [3.05, 3.63) is 53.7 Å². The van der Waals surface area contributed by atoms with Crippen LogP contribution in [0.15, 0.2) is 42.6 Å². The first kappa shape index (κ1) is 18.2. The highest BCUT2D eigenvalue weighted by atomic mass is 16.5. The number of piperidine rings is 1. The van der Waals surface area contributed by atoms with Gasteiger partial charge in [-0.25, -0.2) is 4.98 Å². The van der Waals surface area contributed by atoms with Gasteiger partial charge in [-0.3, -0.25) is 4.79 Å². The van der Waals surface area contributed by atoms with Crippen molar-refractivity contribution in [2.75, 3.05) is 18.0 Å². The van der Waals surface area contributed by atoms with Crippen molar-refractivity contribution in [3.63, 3.8) is 0 Å². The Morgan fingerprint density at radius 3 is 2.69 bits per heavy atom. The molecule has 5 heteroatoms. The summed E-state index contributed by atoms with van der Waals surface area (Å²) in [5.41, 5.74) is 1.86. The van der Waals surface area contributed by atoms with E-state index in [1.165, 1.54) is 5.56 Å². The van der Waals surface area contributed by atoms with E-state index in [4.69, 9.17) is 4.74 Å². The number of hydrogen-bond acceptors (Lipinski definition) is 4. The molecule has 1 aliphatic rings. The summed E-state index contributed by atoms with van der Waals surface area (Å²) in [6, 6.07) is 11.9. The molecule has 3 rings (SSSR count). The molecule has 2 heterocycles. The second-order valence-electron chi connectivity index (χ2n) is 7.15. The topological polar surface area (TPSA) is 54.5 Å². The van der Waals surface area contributed by atoms with Crippen LogP contribution in [0.25, 0.3) is 0 Å². The molecule has 0 aliphatic carbocycles. The highest BCUT2D eigenvalue weighted by Crippen LogP contribution is 2.23. The van der Waals surface area contributed by atoms with Gasteiger partial charge in [-0.2, -0.15) is 0 Å². The summed E-state index contributed by atoms with van der Waals surface area (Å²) in [5, 5.41) is 2.92. The van der Waals surface area contributed by atoms with Crippen LogP contribution in [0.2, 0.25) is 0 Å². The molecular formula is C21H27N3O2. The maximum absolute atomic E-state index is 12.2. The van der Waals surface area contributed by atoms with Gasteiger partial charge in [0, 0.05) is 43.7 Å². The van der Waals surface area contributed by atoms with Crippen molar-refractivity contribution in [3.8, 4) is 5.75 Å². The van der Waals surface area contributed by atoms with E-state index in [9.17, 15) is 4.79 Å². The number of carbonyl (C=O) groups excluding carboxylic acids is 1. The second-order valence-corrected chi connectivity index (χ2v) is 7.15. The van der Waals surface area contributed by atoms with Crippen LogP contribution < -0.4 is 15.0 Å². The van der Waals surface area contributed by atoms with Gasteiger partial charge in [0.25, 0.3) is 5.91 Å². The molecule has 26 heavy (non-hydrogen) atoms. The predicted molar refractivity (Wildman–Crippen MR) is 104 cm³/mol. The summed E-state index contributed by atoms with van der Waals surface area (Å²) in [7, 11) is 0. The van der Waals surface area contributed by atoms with Crippen LogP contribution >= 0.6 is 0 Å². The van der Waals surface area contributed by atoms with Crippen molar-refractivity contribution >= 4 is 11.7 Å². The van der Waals surface area contributed by atoms with Crippen LogP contribution in [0, 0.1) is 6.92 Å². The van der Waals surface area contributed by atoms with E-state index in [0.717, 1.165) is 37.5 Å². The number of anilines is 1. The molecule has 0 radical (unpaired) electrons. The molecule has 0 saturated carbocycles. The lowest BCUT2D eigenvalue weighted by Gasteiger charge is -2.33. The predicted octanol–water partition coefficient (Wildman–Crippen LogP) is 3.58. The number of carbonyl (C=O) groups is 1. The average molecular weight is 353 g/mol. The van der Waals surface area contributed by atoms with E-state index in [1.54, 1.807) is 12.3 Å². The van der Waals surface area contributed by atoms with Crippen LogP contribution in [-0.4, -0.2) is 36.1 Å². The van der Waals surface area contributed by atoms with Crippen molar-refractivity contribution in [1.29, 1.82) is 0 Å². The lowest BCUT2D eigenvalue weighted by Crippen LogP contribution is -2.39. The SMILES string of the molecule is Cc1cccc(OC2CCN(c3cc(C(=O)NC(C)C)ccn3)CC2)c1. The minimum atomic E-state index is -0.0543. The smallest absolute Gasteiger partial charge is 0.251 e. The fourth-order valence-electron chi connectivity index (χ4n) is 3.16. The number of nitrogens with zero attached hydrogens (tertiary/aromatic N) is 2. The normalized spacial score (nSPS) is 15.2. The zero-order valence-corrected chi connectivity index (χ0v) is 15.7. The van der Waals surface area contributed by atoms with E-state index >= 15 is 0 Å². The van der Waals surface area contributed by atoms with E-state index < -0.39 is 0 Å². The summed E-state index contributed by atoms with van der Waals surface area (Å²) in [5.74, 6) is 1.74. The molecule has 1 N–H and O–H groups in total. The number of aromatic nitrogens is 1. The Bertz CT molecular complexity index is 752. The maximum atomic E-state index is 12.2. The molecule has 2 aromatic rings. The van der Waals surface area contributed by atoms with Crippen LogP contribution in [-0.2, 0) is 0 Å². The van der Waals surface area contributed by atoms with Crippen LogP contribution in [0.4, 0.5) is 5.82 Å². The molecule has 0 spiro atoms. The van der Waals surface area contributed by atoms with Crippen molar-refractivity contribution in [2.24, 2.45) is 0 Å². The molecule has 0 bridgehead atoms. The Hall–Kier alpha value is -2.56. The van der Waals surface area contributed by atoms with Gasteiger partial charge in [0.05, 0.1) is 0 Å². The third kappa shape index (κ3) is 4.75. The third-order valence-electron chi connectivity index (χ3n) is 4.49. The molecule has 1 aromatic heterocycles. The summed E-state index contributed by atoms with van der Waals surface area (Å²) in [6.07, 6.45) is 3.82. The number of aryl methyl sites for hydroxylation is 1. The van der Waals surface area contributed by atoms with Crippen LogP contribution in [0.5, 0.6) is 5.75 Å². The lowest BCUT2D eigenvalue weighted by atomic mass is 10.1. The number of ether oxygens (including phenoxy) is 1. The van der Waals surface area contributed by atoms with Crippen molar-refractivity contribution in [2.45, 2.75) is 45.8 Å². The Kier molecular flexibility index (Phi) is 5.76. The molecule has 5 nitrogen and oxygen atoms in total. The lowest BCUT2D eigenvalue weighted by molar-refractivity contribution is 0.0943. The first-order valence-corrected chi connectivity index (χ1v) is 9.26. The minimum absolute atomic E-state index is 0.0543. The average Bonchev–Trinajstić information content (AvgIpc) is 2.62. The first-order chi connectivity index (χ1) is 12.5. The molecular weight excluding hydrogens is 326 g/mol. The highest BCUT2D eigenvalue weighted by molar-refractivity contribution is 5.94. The minimum Gasteiger partial charge on any atom is -0.490 e. The van der Waals surface area contributed by atoms with Gasteiger partial charge in [-0.1, -0.05) is 12.1 Å². The monoisotopic (exact) mass is 353 g/mol. The van der Waals surface area contributed by atoms with Crippen LogP contribution in [0.3, 0.4) is 0 Å². The molecule has 1 amide bonds. The van der Waals surface area contributed by atoms with E-state index in [-0.39, 0.29) is 18.1 Å². The zero-order valence-electron chi connectivity index (χ0n) is 15.7. The zero-order chi connectivity index (χ0) is 18.5. The number of amides is 1. The molecule has 0 atom stereocenters. The molecule has 1 saturated heterocycles. The quantitative estimate of drug-likeness (QED) is 0.893. The van der Waals surface area contributed by atoms with E-state index in [2.05, 4.69) is 34.3 Å². The van der Waals surface area contributed by atoms with Gasteiger partial charge in [-0.05, 0) is 50.6 Å². The van der Waals surface area contributed by atoms with Crippen LogP contribution in [0.1, 0.15) is 42.6 Å². The molecule has 1 aliphatic heterocycles. The third-order valence-corrected chi connectivity index (χ3v) is 4.49.